The van der Waals surface area contributed by atoms with E-state index in [1.54, 1.807) is 13.0 Å². The first-order valence-corrected chi connectivity index (χ1v) is 9.08. The highest BCUT2D eigenvalue weighted by Gasteiger charge is 2.40. The van der Waals surface area contributed by atoms with Crippen LogP contribution in [0.2, 0.25) is 0 Å². The summed E-state index contributed by atoms with van der Waals surface area (Å²) in [6.45, 7) is 1.94. The maximum atomic E-state index is 13.7. The van der Waals surface area contributed by atoms with Crippen LogP contribution in [-0.2, 0) is 6.18 Å². The molecule has 0 unspecified atom stereocenters. The Bertz CT molecular complexity index is 1170. The largest absolute Gasteiger partial charge is 0.490 e. The van der Waals surface area contributed by atoms with Gasteiger partial charge in [-0.2, -0.15) is 13.2 Å². The number of hydrogen-bond acceptors (Lipinski definition) is 6. The zero-order chi connectivity index (χ0) is 22.8. The van der Waals surface area contributed by atoms with Gasteiger partial charge in [-0.25, -0.2) is 4.79 Å². The first-order chi connectivity index (χ1) is 14.6. The molecule has 3 aromatic rings. The van der Waals surface area contributed by atoms with Crippen molar-refractivity contribution in [3.05, 3.63) is 58.4 Å². The Labute approximate surface area is 174 Å². The Morgan fingerprint density at radius 1 is 1.10 bits per heavy atom. The van der Waals surface area contributed by atoms with Crippen molar-refractivity contribution in [2.75, 3.05) is 20.7 Å². The fourth-order valence-electron chi connectivity index (χ4n) is 2.61. The summed E-state index contributed by atoms with van der Waals surface area (Å²) < 4.78 is 61.8. The Balaban J connectivity index is 2.14. The van der Waals surface area contributed by atoms with Crippen LogP contribution < -0.4 is 19.6 Å². The molecule has 3 rings (SSSR count). The number of amides is 1. The standard InChI is InChI=1S/C21H18F3NO6/c1-4-28-14-7-5-6-8-15(14)30-18-17(26)13-10-9-12(29-20(27)25(2)3)11-16(13)31-19(18)21(22,23)24/h5-11H,4H2,1-3H3. The molecule has 0 saturated carbocycles. The van der Waals surface area contributed by atoms with Gasteiger partial charge in [-0.15, -0.1) is 0 Å². The van der Waals surface area contributed by atoms with Crippen LogP contribution in [-0.4, -0.2) is 31.7 Å². The Hall–Kier alpha value is -3.69. The van der Waals surface area contributed by atoms with Gasteiger partial charge in [0.05, 0.1) is 12.0 Å². The molecule has 1 amide bonds. The van der Waals surface area contributed by atoms with Crippen LogP contribution in [0.15, 0.2) is 51.7 Å². The lowest BCUT2D eigenvalue weighted by atomic mass is 10.2. The summed E-state index contributed by atoms with van der Waals surface area (Å²) in [6.07, 6.45) is -5.77. The molecule has 0 saturated heterocycles. The number of fused-ring (bicyclic) bond motifs is 1. The normalized spacial score (nSPS) is 11.3. The fourth-order valence-corrected chi connectivity index (χ4v) is 2.61. The third kappa shape index (κ3) is 4.73. The van der Waals surface area contributed by atoms with E-state index in [0.717, 1.165) is 11.0 Å². The second-order valence-electron chi connectivity index (χ2n) is 6.49. The molecule has 0 atom stereocenters. The quantitative estimate of drug-likeness (QED) is 0.555. The van der Waals surface area contributed by atoms with Crippen LogP contribution in [0.4, 0.5) is 18.0 Å². The molecular formula is C21H18F3NO6. The number of hydrogen-bond donors (Lipinski definition) is 0. The minimum atomic E-state index is -5.03. The summed E-state index contributed by atoms with van der Waals surface area (Å²) in [5.74, 6) is -2.63. The molecule has 10 heteroatoms. The van der Waals surface area contributed by atoms with Crippen LogP contribution in [0.25, 0.3) is 11.0 Å². The van der Waals surface area contributed by atoms with Gasteiger partial charge in [-0.05, 0) is 31.2 Å². The first-order valence-electron chi connectivity index (χ1n) is 9.08. The molecule has 0 aliphatic carbocycles. The molecule has 0 aliphatic rings. The Morgan fingerprint density at radius 2 is 1.77 bits per heavy atom. The number of rotatable bonds is 5. The molecule has 164 valence electrons. The average molecular weight is 437 g/mol. The maximum absolute atomic E-state index is 13.7. The van der Waals surface area contributed by atoms with Crippen LogP contribution in [0.1, 0.15) is 12.7 Å². The van der Waals surface area contributed by atoms with E-state index in [1.807, 2.05) is 0 Å². The molecule has 0 fully saturated rings. The van der Waals surface area contributed by atoms with Crippen LogP contribution in [0.3, 0.4) is 0 Å². The van der Waals surface area contributed by atoms with Gasteiger partial charge < -0.3 is 23.5 Å². The van der Waals surface area contributed by atoms with Crippen molar-refractivity contribution in [1.82, 2.24) is 4.90 Å². The summed E-state index contributed by atoms with van der Waals surface area (Å²) >= 11 is 0. The maximum Gasteiger partial charge on any atom is 0.453 e. The van der Waals surface area contributed by atoms with Gasteiger partial charge >= 0.3 is 12.3 Å². The monoisotopic (exact) mass is 437 g/mol. The van der Waals surface area contributed by atoms with E-state index >= 15 is 0 Å². The highest BCUT2D eigenvalue weighted by Crippen LogP contribution is 2.40. The second-order valence-corrected chi connectivity index (χ2v) is 6.49. The van der Waals surface area contributed by atoms with E-state index in [4.69, 9.17) is 18.6 Å². The molecule has 31 heavy (non-hydrogen) atoms. The van der Waals surface area contributed by atoms with Crippen molar-refractivity contribution in [2.45, 2.75) is 13.1 Å². The molecule has 1 aromatic heterocycles. The second kappa shape index (κ2) is 8.58. The van der Waals surface area contributed by atoms with Crippen molar-refractivity contribution in [1.29, 1.82) is 0 Å². The number of carbonyl (C=O) groups excluding carboxylic acids is 1. The van der Waals surface area contributed by atoms with E-state index < -0.39 is 34.8 Å². The summed E-state index contributed by atoms with van der Waals surface area (Å²) in [5.41, 5.74) is -1.45. The van der Waals surface area contributed by atoms with E-state index in [0.29, 0.717) is 0 Å². The highest BCUT2D eigenvalue weighted by atomic mass is 19.4. The van der Waals surface area contributed by atoms with Crippen molar-refractivity contribution in [3.8, 4) is 23.0 Å². The predicted octanol–water partition coefficient (Wildman–Crippen LogP) is 5.06. The molecular weight excluding hydrogens is 419 g/mol. The van der Waals surface area contributed by atoms with E-state index in [9.17, 15) is 22.8 Å². The van der Waals surface area contributed by atoms with Crippen LogP contribution >= 0.6 is 0 Å². The lowest BCUT2D eigenvalue weighted by molar-refractivity contribution is -0.154. The van der Waals surface area contributed by atoms with Crippen LogP contribution in [0, 0.1) is 0 Å². The lowest BCUT2D eigenvalue weighted by Gasteiger charge is -2.15. The molecule has 0 N–H and O–H groups in total. The van der Waals surface area contributed by atoms with E-state index in [1.165, 1.54) is 44.4 Å². The van der Waals surface area contributed by atoms with E-state index in [-0.39, 0.29) is 29.2 Å². The molecule has 0 aliphatic heterocycles. The topological polar surface area (TPSA) is 78.2 Å². The summed E-state index contributed by atoms with van der Waals surface area (Å²) in [4.78, 5) is 25.7. The van der Waals surface area contributed by atoms with Gasteiger partial charge in [0.25, 0.3) is 5.76 Å². The molecule has 7 nitrogen and oxygen atoms in total. The number of benzene rings is 2. The number of nitrogens with zero attached hydrogens (tertiary/aromatic N) is 1. The minimum Gasteiger partial charge on any atom is -0.490 e. The third-order valence-corrected chi connectivity index (χ3v) is 4.01. The summed E-state index contributed by atoms with van der Waals surface area (Å²) in [5, 5.41) is -0.179. The van der Waals surface area contributed by atoms with Crippen molar-refractivity contribution in [3.63, 3.8) is 0 Å². The highest BCUT2D eigenvalue weighted by molar-refractivity contribution is 5.81. The third-order valence-electron chi connectivity index (χ3n) is 4.01. The van der Waals surface area contributed by atoms with Crippen molar-refractivity contribution in [2.24, 2.45) is 0 Å². The Morgan fingerprint density at radius 3 is 2.39 bits per heavy atom. The van der Waals surface area contributed by atoms with Gasteiger partial charge in [-0.1, -0.05) is 12.1 Å². The predicted molar refractivity (Wildman–Crippen MR) is 105 cm³/mol. The SMILES string of the molecule is CCOc1ccccc1Oc1c(C(F)(F)F)oc2cc(OC(=O)N(C)C)ccc2c1=O. The number of carbonyl (C=O) groups is 1. The molecule has 0 spiro atoms. The molecule has 1 heterocycles. The molecule has 0 bridgehead atoms. The Kier molecular flexibility index (Phi) is 6.09. The number of halogens is 3. The molecule has 2 aromatic carbocycles. The fraction of sp³-hybridized carbons (Fsp3) is 0.238. The van der Waals surface area contributed by atoms with Crippen molar-refractivity contribution >= 4 is 17.1 Å². The zero-order valence-corrected chi connectivity index (χ0v) is 16.8. The van der Waals surface area contributed by atoms with Gasteiger partial charge in [0, 0.05) is 20.2 Å². The summed E-state index contributed by atoms with van der Waals surface area (Å²) in [7, 11) is 2.88. The van der Waals surface area contributed by atoms with Crippen LogP contribution in [0.5, 0.6) is 23.0 Å². The number of para-hydroxylation sites is 2. The van der Waals surface area contributed by atoms with Crippen molar-refractivity contribution < 1.29 is 36.6 Å². The van der Waals surface area contributed by atoms with Gasteiger partial charge in [0.1, 0.15) is 11.3 Å². The van der Waals surface area contributed by atoms with Gasteiger partial charge in [0.2, 0.25) is 11.2 Å². The molecule has 0 radical (unpaired) electrons. The minimum absolute atomic E-state index is 0.0713. The summed E-state index contributed by atoms with van der Waals surface area (Å²) in [6, 6.07) is 9.51. The van der Waals surface area contributed by atoms with E-state index in [2.05, 4.69) is 0 Å². The number of alkyl halides is 3. The van der Waals surface area contributed by atoms with Gasteiger partial charge in [0.15, 0.2) is 11.5 Å². The zero-order valence-electron chi connectivity index (χ0n) is 16.8. The lowest BCUT2D eigenvalue weighted by Crippen LogP contribution is -2.25. The number of ether oxygens (including phenoxy) is 3. The smallest absolute Gasteiger partial charge is 0.453 e. The first kappa shape index (κ1) is 22.0. The average Bonchev–Trinajstić information content (AvgIpc) is 2.70. The van der Waals surface area contributed by atoms with Gasteiger partial charge in [-0.3, -0.25) is 4.79 Å².